The van der Waals surface area contributed by atoms with Gasteiger partial charge >= 0.3 is 0 Å². The fraction of sp³-hybridized carbons (Fsp3) is 0.308. The molecule has 1 saturated heterocycles. The van der Waals surface area contributed by atoms with Gasteiger partial charge in [-0.1, -0.05) is 28.1 Å². The number of rotatable bonds is 2. The molecule has 1 aliphatic heterocycles. The smallest absolute Gasteiger partial charge is 0.243 e. The molecule has 0 atom stereocenters. The number of hydrogen-bond acceptors (Lipinski definition) is 3. The van der Waals surface area contributed by atoms with Crippen molar-refractivity contribution in [3.05, 3.63) is 34.3 Å². The maximum absolute atomic E-state index is 12.0. The molecule has 1 heterocycles. The standard InChI is InChI=1S/C13H12BrN3O2/c14-8-3-1-7(2-4-8)10-11(18)16-13(17-12(10)19)15-9-5-6-9/h1-4,9-10H,5-6H2,(H2,15,16,17,18,19). The van der Waals surface area contributed by atoms with Gasteiger partial charge in [0.25, 0.3) is 0 Å². The third-order valence-corrected chi connectivity index (χ3v) is 3.60. The van der Waals surface area contributed by atoms with Crippen LogP contribution in [0.1, 0.15) is 24.3 Å². The Morgan fingerprint density at radius 2 is 1.63 bits per heavy atom. The maximum atomic E-state index is 12.0. The molecule has 1 aromatic rings. The fourth-order valence-corrected chi connectivity index (χ4v) is 2.20. The molecule has 2 aliphatic rings. The number of guanidine groups is 1. The van der Waals surface area contributed by atoms with Crippen LogP contribution < -0.4 is 10.6 Å². The Labute approximate surface area is 118 Å². The Morgan fingerprint density at radius 3 is 2.16 bits per heavy atom. The van der Waals surface area contributed by atoms with Crippen molar-refractivity contribution in [1.29, 1.82) is 0 Å². The summed E-state index contributed by atoms with van der Waals surface area (Å²) in [5.41, 5.74) is 0.670. The van der Waals surface area contributed by atoms with E-state index in [2.05, 4.69) is 31.6 Å². The second kappa shape index (κ2) is 4.77. The Kier molecular flexibility index (Phi) is 3.10. The van der Waals surface area contributed by atoms with E-state index in [1.54, 1.807) is 12.1 Å². The zero-order valence-corrected chi connectivity index (χ0v) is 11.6. The number of halogens is 1. The Hall–Kier alpha value is -1.69. The molecular formula is C13H12BrN3O2. The Morgan fingerprint density at radius 1 is 1.05 bits per heavy atom. The van der Waals surface area contributed by atoms with Gasteiger partial charge in [-0.15, -0.1) is 0 Å². The lowest BCUT2D eigenvalue weighted by Crippen LogP contribution is -2.55. The second-order valence-electron chi connectivity index (χ2n) is 4.67. The van der Waals surface area contributed by atoms with Gasteiger partial charge < -0.3 is 0 Å². The highest BCUT2D eigenvalue weighted by molar-refractivity contribution is 9.10. The first-order valence-corrected chi connectivity index (χ1v) is 6.88. The van der Waals surface area contributed by atoms with E-state index < -0.39 is 5.92 Å². The molecule has 1 aliphatic carbocycles. The Bertz CT molecular complexity index is 544. The lowest BCUT2D eigenvalue weighted by Gasteiger charge is -2.23. The van der Waals surface area contributed by atoms with Gasteiger partial charge in [0, 0.05) is 4.47 Å². The van der Waals surface area contributed by atoms with Gasteiger partial charge in [-0.25, -0.2) is 4.99 Å². The van der Waals surface area contributed by atoms with Gasteiger partial charge in [-0.05, 0) is 30.5 Å². The zero-order valence-electron chi connectivity index (χ0n) is 10.0. The number of aliphatic imine (C=N–C) groups is 1. The monoisotopic (exact) mass is 321 g/mol. The maximum Gasteiger partial charge on any atom is 0.243 e. The minimum atomic E-state index is -0.814. The quantitative estimate of drug-likeness (QED) is 0.806. The molecule has 2 amide bonds. The van der Waals surface area contributed by atoms with Crippen LogP contribution in [0.4, 0.5) is 0 Å². The van der Waals surface area contributed by atoms with Crippen LogP contribution in [-0.2, 0) is 9.59 Å². The summed E-state index contributed by atoms with van der Waals surface area (Å²) in [4.78, 5) is 28.3. The van der Waals surface area contributed by atoms with Crippen LogP contribution >= 0.6 is 15.9 Å². The van der Waals surface area contributed by atoms with Gasteiger partial charge in [-0.3, -0.25) is 20.2 Å². The van der Waals surface area contributed by atoms with Crippen molar-refractivity contribution < 1.29 is 9.59 Å². The highest BCUT2D eigenvalue weighted by Crippen LogP contribution is 2.24. The number of nitrogens with zero attached hydrogens (tertiary/aromatic N) is 1. The molecule has 0 aromatic heterocycles. The fourth-order valence-electron chi connectivity index (χ4n) is 1.94. The van der Waals surface area contributed by atoms with Crippen LogP contribution in [0.25, 0.3) is 0 Å². The number of amides is 2. The first kappa shape index (κ1) is 12.3. The lowest BCUT2D eigenvalue weighted by atomic mass is 9.96. The number of carbonyl (C=O) groups excluding carboxylic acids is 2. The van der Waals surface area contributed by atoms with E-state index in [9.17, 15) is 9.59 Å². The molecular weight excluding hydrogens is 310 g/mol. The van der Waals surface area contributed by atoms with Crippen molar-refractivity contribution in [2.45, 2.75) is 24.8 Å². The van der Waals surface area contributed by atoms with Gasteiger partial charge in [0.2, 0.25) is 17.8 Å². The van der Waals surface area contributed by atoms with Crippen LogP contribution in [0.15, 0.2) is 33.7 Å². The SMILES string of the molecule is O=C1NC(=NC2CC2)NC(=O)C1c1ccc(Br)cc1. The molecule has 0 radical (unpaired) electrons. The summed E-state index contributed by atoms with van der Waals surface area (Å²) in [5, 5.41) is 5.30. The van der Waals surface area contributed by atoms with E-state index in [0.29, 0.717) is 5.56 Å². The highest BCUT2D eigenvalue weighted by atomic mass is 79.9. The van der Waals surface area contributed by atoms with Crippen molar-refractivity contribution in [2.75, 3.05) is 0 Å². The van der Waals surface area contributed by atoms with Crippen molar-refractivity contribution in [2.24, 2.45) is 4.99 Å². The minimum Gasteiger partial charge on any atom is -0.295 e. The van der Waals surface area contributed by atoms with Crippen LogP contribution in [0.2, 0.25) is 0 Å². The van der Waals surface area contributed by atoms with Gasteiger partial charge in [0.1, 0.15) is 5.92 Å². The minimum absolute atomic E-state index is 0.250. The number of carbonyl (C=O) groups is 2. The summed E-state index contributed by atoms with van der Waals surface area (Å²) in [6.45, 7) is 0. The molecule has 0 unspecified atom stereocenters. The van der Waals surface area contributed by atoms with E-state index in [0.717, 1.165) is 17.3 Å². The third kappa shape index (κ3) is 2.68. The van der Waals surface area contributed by atoms with E-state index in [4.69, 9.17) is 0 Å². The number of nitrogens with one attached hydrogen (secondary N) is 2. The van der Waals surface area contributed by atoms with E-state index >= 15 is 0 Å². The molecule has 2 N–H and O–H groups in total. The average molecular weight is 322 g/mol. The molecule has 98 valence electrons. The summed E-state index contributed by atoms with van der Waals surface area (Å²) in [5.74, 6) is -1.19. The molecule has 1 saturated carbocycles. The summed E-state index contributed by atoms with van der Waals surface area (Å²) >= 11 is 3.32. The van der Waals surface area contributed by atoms with Crippen LogP contribution in [0, 0.1) is 0 Å². The van der Waals surface area contributed by atoms with Crippen molar-refractivity contribution in [3.8, 4) is 0 Å². The van der Waals surface area contributed by atoms with Crippen LogP contribution in [0.5, 0.6) is 0 Å². The molecule has 2 fully saturated rings. The molecule has 1 aromatic carbocycles. The van der Waals surface area contributed by atoms with Crippen LogP contribution in [0.3, 0.4) is 0 Å². The average Bonchev–Trinajstić information content (AvgIpc) is 3.14. The first-order chi connectivity index (χ1) is 9.13. The lowest BCUT2D eigenvalue weighted by molar-refractivity contribution is -0.131. The van der Waals surface area contributed by atoms with E-state index in [1.165, 1.54) is 0 Å². The van der Waals surface area contributed by atoms with Crippen molar-refractivity contribution in [1.82, 2.24) is 10.6 Å². The predicted molar refractivity (Wildman–Crippen MR) is 73.6 cm³/mol. The van der Waals surface area contributed by atoms with Crippen molar-refractivity contribution in [3.63, 3.8) is 0 Å². The van der Waals surface area contributed by atoms with Crippen LogP contribution in [-0.4, -0.2) is 23.8 Å². The topological polar surface area (TPSA) is 70.6 Å². The summed E-state index contributed by atoms with van der Waals surface area (Å²) < 4.78 is 0.906. The Balaban J connectivity index is 1.82. The second-order valence-corrected chi connectivity index (χ2v) is 5.59. The largest absolute Gasteiger partial charge is 0.295 e. The third-order valence-electron chi connectivity index (χ3n) is 3.07. The van der Waals surface area contributed by atoms with Gasteiger partial charge in [0.05, 0.1) is 6.04 Å². The number of hydrogen-bond donors (Lipinski definition) is 2. The van der Waals surface area contributed by atoms with E-state index in [-0.39, 0.29) is 23.8 Å². The van der Waals surface area contributed by atoms with Gasteiger partial charge in [0.15, 0.2) is 0 Å². The molecule has 0 spiro atoms. The molecule has 0 bridgehead atoms. The zero-order chi connectivity index (χ0) is 13.4. The van der Waals surface area contributed by atoms with E-state index in [1.807, 2.05) is 12.1 Å². The van der Waals surface area contributed by atoms with Crippen molar-refractivity contribution >= 4 is 33.7 Å². The molecule has 5 nitrogen and oxygen atoms in total. The first-order valence-electron chi connectivity index (χ1n) is 6.08. The predicted octanol–water partition coefficient (Wildman–Crippen LogP) is 1.30. The summed E-state index contributed by atoms with van der Waals surface area (Å²) in [6, 6.07) is 7.39. The summed E-state index contributed by atoms with van der Waals surface area (Å²) in [7, 11) is 0. The van der Waals surface area contributed by atoms with Gasteiger partial charge in [-0.2, -0.15) is 0 Å². The molecule has 6 heteroatoms. The summed E-state index contributed by atoms with van der Waals surface area (Å²) in [6.07, 6.45) is 2.04. The molecule has 3 rings (SSSR count). The normalized spacial score (nSPS) is 22.8. The molecule has 19 heavy (non-hydrogen) atoms. The number of benzene rings is 1. The highest BCUT2D eigenvalue weighted by Gasteiger charge is 2.35.